The second-order valence-electron chi connectivity index (χ2n) is 2.55. The Balaban J connectivity index is 2.83. The Labute approximate surface area is 72.5 Å². The molecule has 13 heavy (non-hydrogen) atoms. The van der Waals surface area contributed by atoms with Crippen molar-refractivity contribution < 1.29 is 4.92 Å². The van der Waals surface area contributed by atoms with Gasteiger partial charge in [-0.05, 0) is 6.07 Å². The van der Waals surface area contributed by atoms with Crippen LogP contribution >= 0.6 is 0 Å². The molecule has 0 aliphatic heterocycles. The lowest BCUT2D eigenvalue weighted by molar-refractivity contribution is -0.383. The third-order valence-electron chi connectivity index (χ3n) is 1.78. The number of nitro groups is 1. The van der Waals surface area contributed by atoms with Crippen LogP contribution in [0.4, 0.5) is 11.4 Å². The van der Waals surface area contributed by atoms with Crippen molar-refractivity contribution in [3.05, 3.63) is 28.6 Å². The molecule has 2 aromatic rings. The summed E-state index contributed by atoms with van der Waals surface area (Å²) in [4.78, 5) is 16.6. The number of hydrogen-bond acceptors (Lipinski definition) is 4. The summed E-state index contributed by atoms with van der Waals surface area (Å²) in [7, 11) is 0. The largest absolute Gasteiger partial charge is 0.397 e. The molecule has 0 aliphatic rings. The second-order valence-corrected chi connectivity index (χ2v) is 2.55. The average Bonchev–Trinajstić information content (AvgIpc) is 2.48. The smallest absolute Gasteiger partial charge is 0.312 e. The minimum Gasteiger partial charge on any atom is -0.397 e. The predicted octanol–water partition coefficient (Wildman–Crippen LogP) is 1.05. The molecular formula is C7H6N4O2. The maximum Gasteiger partial charge on any atom is 0.312 e. The summed E-state index contributed by atoms with van der Waals surface area (Å²) in [6.07, 6.45) is 2.73. The van der Waals surface area contributed by atoms with Gasteiger partial charge in [-0.2, -0.15) is 0 Å². The molecule has 0 spiro atoms. The number of nitrogen functional groups attached to an aromatic ring is 1. The molecule has 0 saturated carbocycles. The Hall–Kier alpha value is -2.11. The Kier molecular flexibility index (Phi) is 1.42. The van der Waals surface area contributed by atoms with Crippen LogP contribution in [-0.2, 0) is 0 Å². The SMILES string of the molecule is Nc1ccnc2c([N+](=O)[O-])c[nH]c12. The number of nitrogens with two attached hydrogens (primary N) is 1. The summed E-state index contributed by atoms with van der Waals surface area (Å²) in [5, 5.41) is 10.5. The lowest BCUT2D eigenvalue weighted by Gasteiger charge is -1.92. The van der Waals surface area contributed by atoms with Gasteiger partial charge in [0, 0.05) is 6.20 Å². The van der Waals surface area contributed by atoms with Crippen LogP contribution in [0.1, 0.15) is 0 Å². The first-order chi connectivity index (χ1) is 6.20. The molecule has 0 aromatic carbocycles. The van der Waals surface area contributed by atoms with Crippen LogP contribution in [0.3, 0.4) is 0 Å². The highest BCUT2D eigenvalue weighted by atomic mass is 16.6. The van der Waals surface area contributed by atoms with Crippen molar-refractivity contribution in [3.8, 4) is 0 Å². The van der Waals surface area contributed by atoms with Gasteiger partial charge < -0.3 is 10.7 Å². The van der Waals surface area contributed by atoms with Crippen molar-refractivity contribution in [1.29, 1.82) is 0 Å². The van der Waals surface area contributed by atoms with Crippen LogP contribution in [0.15, 0.2) is 18.5 Å². The number of nitrogens with zero attached hydrogens (tertiary/aromatic N) is 2. The van der Waals surface area contributed by atoms with E-state index >= 15 is 0 Å². The first-order valence-electron chi connectivity index (χ1n) is 3.56. The van der Waals surface area contributed by atoms with Gasteiger partial charge >= 0.3 is 5.69 Å². The van der Waals surface area contributed by atoms with Gasteiger partial charge in [-0.25, -0.2) is 4.98 Å². The summed E-state index contributed by atoms with van der Waals surface area (Å²) >= 11 is 0. The minimum absolute atomic E-state index is 0.0534. The highest BCUT2D eigenvalue weighted by Gasteiger charge is 2.15. The molecule has 0 saturated heterocycles. The standard InChI is InChI=1S/C7H6N4O2/c8-4-1-2-9-7-5(11(12)13)3-10-6(4)7/h1-3,10H,(H2,8,9). The summed E-state index contributed by atoms with van der Waals surface area (Å²) in [6, 6.07) is 1.59. The summed E-state index contributed by atoms with van der Waals surface area (Å²) < 4.78 is 0. The fourth-order valence-electron chi connectivity index (χ4n) is 1.17. The van der Waals surface area contributed by atoms with E-state index in [-0.39, 0.29) is 5.69 Å². The van der Waals surface area contributed by atoms with Gasteiger partial charge in [0.1, 0.15) is 0 Å². The third-order valence-corrected chi connectivity index (χ3v) is 1.78. The molecular weight excluding hydrogens is 172 g/mol. The number of aromatic amines is 1. The third kappa shape index (κ3) is 0.994. The van der Waals surface area contributed by atoms with Gasteiger partial charge in [0.15, 0.2) is 5.52 Å². The lowest BCUT2D eigenvalue weighted by atomic mass is 10.3. The molecule has 0 fully saturated rings. The fraction of sp³-hybridized carbons (Fsp3) is 0. The van der Waals surface area contributed by atoms with Crippen molar-refractivity contribution in [1.82, 2.24) is 9.97 Å². The highest BCUT2D eigenvalue weighted by molar-refractivity contribution is 5.92. The molecule has 6 nitrogen and oxygen atoms in total. The van der Waals surface area contributed by atoms with Gasteiger partial charge in [0.25, 0.3) is 0 Å². The van der Waals surface area contributed by atoms with Gasteiger partial charge in [-0.15, -0.1) is 0 Å². The number of rotatable bonds is 1. The second kappa shape index (κ2) is 2.44. The molecule has 0 unspecified atom stereocenters. The van der Waals surface area contributed by atoms with Gasteiger partial charge in [-0.3, -0.25) is 10.1 Å². The Bertz CT molecular complexity index is 476. The molecule has 2 rings (SSSR count). The maximum absolute atomic E-state index is 10.5. The van der Waals surface area contributed by atoms with Crippen LogP contribution in [0.5, 0.6) is 0 Å². The summed E-state index contributed by atoms with van der Waals surface area (Å²) in [6.45, 7) is 0. The van der Waals surface area contributed by atoms with Crippen molar-refractivity contribution in [2.75, 3.05) is 5.73 Å². The quantitative estimate of drug-likeness (QED) is 0.503. The molecule has 0 bridgehead atoms. The van der Waals surface area contributed by atoms with E-state index in [1.165, 1.54) is 12.4 Å². The molecule has 2 aromatic heterocycles. The van der Waals surface area contributed by atoms with Crippen molar-refractivity contribution >= 4 is 22.4 Å². The molecule has 0 radical (unpaired) electrons. The highest BCUT2D eigenvalue weighted by Crippen LogP contribution is 2.25. The topological polar surface area (TPSA) is 97.8 Å². The van der Waals surface area contributed by atoms with Crippen LogP contribution in [-0.4, -0.2) is 14.9 Å². The number of H-pyrrole nitrogens is 1. The number of aromatic nitrogens is 2. The number of hydrogen-bond donors (Lipinski definition) is 2. The van der Waals surface area contributed by atoms with E-state index in [1.807, 2.05) is 0 Å². The van der Waals surface area contributed by atoms with E-state index < -0.39 is 4.92 Å². The summed E-state index contributed by atoms with van der Waals surface area (Å²) in [5.74, 6) is 0. The summed E-state index contributed by atoms with van der Waals surface area (Å²) in [5.41, 5.74) is 6.78. The van der Waals surface area contributed by atoms with Gasteiger partial charge in [0.05, 0.1) is 22.3 Å². The zero-order valence-electron chi connectivity index (χ0n) is 6.52. The van der Waals surface area contributed by atoms with Gasteiger partial charge in [-0.1, -0.05) is 0 Å². The lowest BCUT2D eigenvalue weighted by Crippen LogP contribution is -1.89. The minimum atomic E-state index is -0.495. The van der Waals surface area contributed by atoms with Crippen LogP contribution in [0.2, 0.25) is 0 Å². The fourth-order valence-corrected chi connectivity index (χ4v) is 1.17. The number of pyridine rings is 1. The van der Waals surface area contributed by atoms with E-state index in [1.54, 1.807) is 6.07 Å². The maximum atomic E-state index is 10.5. The van der Waals surface area contributed by atoms with Crippen molar-refractivity contribution in [3.63, 3.8) is 0 Å². The van der Waals surface area contributed by atoms with E-state index in [0.29, 0.717) is 16.7 Å². The molecule has 2 heterocycles. The van der Waals surface area contributed by atoms with Crippen LogP contribution in [0, 0.1) is 10.1 Å². The molecule has 0 atom stereocenters. The van der Waals surface area contributed by atoms with Crippen molar-refractivity contribution in [2.24, 2.45) is 0 Å². The van der Waals surface area contributed by atoms with Crippen LogP contribution in [0.25, 0.3) is 11.0 Å². The monoisotopic (exact) mass is 178 g/mol. The molecule has 0 aliphatic carbocycles. The van der Waals surface area contributed by atoms with E-state index in [2.05, 4.69) is 9.97 Å². The Morgan fingerprint density at radius 3 is 3.08 bits per heavy atom. The molecule has 66 valence electrons. The van der Waals surface area contributed by atoms with E-state index in [9.17, 15) is 10.1 Å². The molecule has 0 amide bonds. The number of nitrogens with one attached hydrogen (secondary N) is 1. The molecule has 3 N–H and O–H groups in total. The van der Waals surface area contributed by atoms with Crippen LogP contribution < -0.4 is 5.73 Å². The van der Waals surface area contributed by atoms with E-state index in [0.717, 1.165) is 0 Å². The number of fused-ring (bicyclic) bond motifs is 1. The molecule has 6 heteroatoms. The van der Waals surface area contributed by atoms with Crippen molar-refractivity contribution in [2.45, 2.75) is 0 Å². The Morgan fingerprint density at radius 2 is 2.38 bits per heavy atom. The van der Waals surface area contributed by atoms with E-state index in [4.69, 9.17) is 5.73 Å². The zero-order valence-corrected chi connectivity index (χ0v) is 6.52. The first-order valence-corrected chi connectivity index (χ1v) is 3.56. The normalized spacial score (nSPS) is 10.5. The Morgan fingerprint density at radius 1 is 1.62 bits per heavy atom. The first kappa shape index (κ1) is 7.53. The number of anilines is 1. The zero-order chi connectivity index (χ0) is 9.42. The van der Waals surface area contributed by atoms with Gasteiger partial charge in [0.2, 0.25) is 0 Å². The predicted molar refractivity (Wildman–Crippen MR) is 47.2 cm³/mol. The average molecular weight is 178 g/mol.